The normalized spacial score (nSPS) is 18.4. The third-order valence-corrected chi connectivity index (χ3v) is 4.23. The summed E-state index contributed by atoms with van der Waals surface area (Å²) in [6, 6.07) is 10.8. The van der Waals surface area contributed by atoms with Crippen LogP contribution < -0.4 is 10.1 Å². The fourth-order valence-electron chi connectivity index (χ4n) is 2.76. The average molecular weight is 331 g/mol. The Labute approximate surface area is 138 Å². The van der Waals surface area contributed by atoms with Gasteiger partial charge in [0.2, 0.25) is 0 Å². The molecule has 0 aromatic heterocycles. The second-order valence-corrected chi connectivity index (χ2v) is 6.07. The molecule has 3 N–H and O–H groups in total. The van der Waals surface area contributed by atoms with Gasteiger partial charge in [0, 0.05) is 12.0 Å². The minimum Gasteiger partial charge on any atom is -0.508 e. The van der Waals surface area contributed by atoms with Crippen LogP contribution in [-0.2, 0) is 16.8 Å². The fourth-order valence-corrected chi connectivity index (χ4v) is 2.76. The lowest BCUT2D eigenvalue weighted by Gasteiger charge is -2.30. The molecule has 1 heterocycles. The molecule has 1 aliphatic rings. The van der Waals surface area contributed by atoms with Crippen LogP contribution in [0.3, 0.4) is 0 Å². The number of fused-ring (bicyclic) bond motifs is 1. The number of carbonyl (C=O) groups is 1. The molecule has 0 spiro atoms. The molecule has 6 heteroatoms. The third kappa shape index (κ3) is 2.92. The highest BCUT2D eigenvalue weighted by Gasteiger charge is 2.36. The summed E-state index contributed by atoms with van der Waals surface area (Å²) in [4.78, 5) is 12.5. The zero-order chi connectivity index (χ0) is 17.3. The summed E-state index contributed by atoms with van der Waals surface area (Å²) in [5.74, 6) is -0.732. The van der Waals surface area contributed by atoms with Crippen LogP contribution in [-0.4, -0.2) is 28.8 Å². The summed E-state index contributed by atoms with van der Waals surface area (Å²) in [6.45, 7) is 1.33. The number of hydrogen-bond acceptors (Lipinski definition) is 4. The predicted octanol–water partition coefficient (Wildman–Crippen LogP) is 1.86. The summed E-state index contributed by atoms with van der Waals surface area (Å²) in [5, 5.41) is 21.9. The molecule has 0 fully saturated rings. The monoisotopic (exact) mass is 331 g/mol. The van der Waals surface area contributed by atoms with Crippen molar-refractivity contribution in [1.82, 2.24) is 5.32 Å². The Morgan fingerprint density at radius 1 is 1.33 bits per heavy atom. The van der Waals surface area contributed by atoms with E-state index in [9.17, 15) is 19.4 Å². The van der Waals surface area contributed by atoms with Gasteiger partial charge in [0.05, 0.1) is 12.1 Å². The van der Waals surface area contributed by atoms with Crippen molar-refractivity contribution in [3.05, 3.63) is 59.4 Å². The van der Waals surface area contributed by atoms with Crippen molar-refractivity contribution in [3.63, 3.8) is 0 Å². The van der Waals surface area contributed by atoms with Gasteiger partial charge in [-0.1, -0.05) is 24.3 Å². The first kappa shape index (κ1) is 16.3. The van der Waals surface area contributed by atoms with Gasteiger partial charge < -0.3 is 20.3 Å². The number of aromatic hydroxyl groups is 1. The van der Waals surface area contributed by atoms with Crippen LogP contribution in [0, 0.1) is 5.82 Å². The van der Waals surface area contributed by atoms with E-state index >= 15 is 0 Å². The molecule has 0 aliphatic carbocycles. The first-order chi connectivity index (χ1) is 11.4. The van der Waals surface area contributed by atoms with Gasteiger partial charge in [0.25, 0.3) is 5.91 Å². The molecule has 5 nitrogen and oxygen atoms in total. The van der Waals surface area contributed by atoms with Gasteiger partial charge in [0.1, 0.15) is 5.75 Å². The van der Waals surface area contributed by atoms with E-state index in [0.29, 0.717) is 11.1 Å². The Hall–Kier alpha value is -2.60. The van der Waals surface area contributed by atoms with E-state index in [1.54, 1.807) is 31.2 Å². The van der Waals surface area contributed by atoms with Gasteiger partial charge in [-0.3, -0.25) is 4.79 Å². The number of aliphatic hydroxyl groups excluding tert-OH is 1. The van der Waals surface area contributed by atoms with E-state index in [-0.39, 0.29) is 24.5 Å². The molecule has 2 unspecified atom stereocenters. The second-order valence-electron chi connectivity index (χ2n) is 6.07. The number of benzene rings is 2. The topological polar surface area (TPSA) is 78.8 Å². The van der Waals surface area contributed by atoms with Crippen LogP contribution in [0.5, 0.6) is 11.5 Å². The number of aliphatic hydroxyl groups is 1. The Balaban J connectivity index is 1.76. The lowest BCUT2D eigenvalue weighted by molar-refractivity contribution is -0.129. The number of amides is 1. The second kappa shape index (κ2) is 6.13. The summed E-state index contributed by atoms with van der Waals surface area (Å²) < 4.78 is 19.2. The number of hydrogen-bond donors (Lipinski definition) is 3. The minimum absolute atomic E-state index is 0.0930. The van der Waals surface area contributed by atoms with Gasteiger partial charge in [0.15, 0.2) is 17.7 Å². The number of phenolic OH excluding ortho intramolecular Hbond substituents is 1. The summed E-state index contributed by atoms with van der Waals surface area (Å²) in [5.41, 5.74) is 0.241. The predicted molar refractivity (Wildman–Crippen MR) is 85.2 cm³/mol. The number of halogens is 1. The van der Waals surface area contributed by atoms with E-state index < -0.39 is 23.4 Å². The molecule has 3 rings (SSSR count). The maximum atomic E-state index is 13.7. The number of ether oxygens (including phenoxy) is 1. The van der Waals surface area contributed by atoms with Crippen LogP contribution in [0.1, 0.15) is 18.1 Å². The number of carbonyl (C=O) groups excluding carboxylic acids is 1. The van der Waals surface area contributed by atoms with Crippen molar-refractivity contribution in [2.75, 3.05) is 6.61 Å². The minimum atomic E-state index is -1.04. The Kier molecular flexibility index (Phi) is 4.15. The smallest absolute Gasteiger partial charge is 0.262 e. The lowest BCUT2D eigenvalue weighted by atomic mass is 9.92. The van der Waals surface area contributed by atoms with Gasteiger partial charge in [-0.15, -0.1) is 0 Å². The van der Waals surface area contributed by atoms with E-state index in [2.05, 4.69) is 5.32 Å². The molecule has 0 saturated heterocycles. The molecule has 0 saturated carbocycles. The highest BCUT2D eigenvalue weighted by molar-refractivity contribution is 5.83. The van der Waals surface area contributed by atoms with Crippen molar-refractivity contribution in [1.29, 1.82) is 0 Å². The van der Waals surface area contributed by atoms with Gasteiger partial charge in [-0.25, -0.2) is 4.39 Å². The van der Waals surface area contributed by atoms with E-state index in [0.717, 1.165) is 0 Å². The molecule has 1 amide bonds. The molecule has 2 aromatic rings. The van der Waals surface area contributed by atoms with Gasteiger partial charge >= 0.3 is 0 Å². The summed E-state index contributed by atoms with van der Waals surface area (Å²) in [6.07, 6.45) is -0.574. The van der Waals surface area contributed by atoms with Crippen LogP contribution in [0.15, 0.2) is 42.5 Å². The largest absolute Gasteiger partial charge is 0.508 e. The number of nitrogens with one attached hydrogen (secondary N) is 1. The molecule has 2 aromatic carbocycles. The van der Waals surface area contributed by atoms with Crippen LogP contribution in [0.4, 0.5) is 4.39 Å². The molecule has 1 aliphatic heterocycles. The number of para-hydroxylation sites is 1. The zero-order valence-corrected chi connectivity index (χ0v) is 13.1. The third-order valence-electron chi connectivity index (χ3n) is 4.23. The highest BCUT2D eigenvalue weighted by atomic mass is 19.1. The maximum absolute atomic E-state index is 13.7. The highest BCUT2D eigenvalue weighted by Crippen LogP contribution is 2.32. The standard InChI is InChI=1S/C18H18FNO4/c1-18(10-21,12-5-7-13(22)8-6-12)20-17(23)15-9-11-3-2-4-14(19)16(11)24-15/h2-8,15,21-22H,9-10H2,1H3,(H,20,23). The first-order valence-corrected chi connectivity index (χ1v) is 7.59. The number of phenols is 1. The molecule has 2 atom stereocenters. The van der Waals surface area contributed by atoms with Crippen LogP contribution in [0.25, 0.3) is 0 Å². The maximum Gasteiger partial charge on any atom is 0.262 e. The molecule has 0 radical (unpaired) electrons. The molecule has 0 bridgehead atoms. The van der Waals surface area contributed by atoms with Gasteiger partial charge in [-0.05, 0) is 30.7 Å². The molecular weight excluding hydrogens is 313 g/mol. The Morgan fingerprint density at radius 2 is 2.04 bits per heavy atom. The van der Waals surface area contributed by atoms with Crippen LogP contribution in [0.2, 0.25) is 0 Å². The number of rotatable bonds is 4. The average Bonchev–Trinajstić information content (AvgIpc) is 3.01. The molecular formula is C18H18FNO4. The SMILES string of the molecule is CC(CO)(NC(=O)C1Cc2cccc(F)c2O1)c1ccc(O)cc1. The van der Waals surface area contributed by atoms with Crippen molar-refractivity contribution in [2.24, 2.45) is 0 Å². The van der Waals surface area contributed by atoms with Crippen LogP contribution >= 0.6 is 0 Å². The Morgan fingerprint density at radius 3 is 2.67 bits per heavy atom. The van der Waals surface area contributed by atoms with Crippen molar-refractivity contribution in [2.45, 2.75) is 25.0 Å². The van der Waals surface area contributed by atoms with E-state index in [1.807, 2.05) is 0 Å². The lowest BCUT2D eigenvalue weighted by Crippen LogP contribution is -2.51. The van der Waals surface area contributed by atoms with Crippen molar-refractivity contribution >= 4 is 5.91 Å². The molecule has 126 valence electrons. The van der Waals surface area contributed by atoms with Crippen molar-refractivity contribution in [3.8, 4) is 11.5 Å². The Bertz CT molecular complexity index is 762. The summed E-state index contributed by atoms with van der Waals surface area (Å²) in [7, 11) is 0. The fraction of sp³-hybridized carbons (Fsp3) is 0.278. The van der Waals surface area contributed by atoms with Crippen molar-refractivity contribution < 1.29 is 24.1 Å². The molecule has 24 heavy (non-hydrogen) atoms. The van der Waals surface area contributed by atoms with E-state index in [1.165, 1.54) is 18.2 Å². The quantitative estimate of drug-likeness (QED) is 0.799. The summed E-state index contributed by atoms with van der Waals surface area (Å²) >= 11 is 0. The first-order valence-electron chi connectivity index (χ1n) is 7.59. The van der Waals surface area contributed by atoms with Gasteiger partial charge in [-0.2, -0.15) is 0 Å². The van der Waals surface area contributed by atoms with E-state index in [4.69, 9.17) is 4.74 Å². The zero-order valence-electron chi connectivity index (χ0n) is 13.1.